The summed E-state index contributed by atoms with van der Waals surface area (Å²) in [5.41, 5.74) is 3.98. The van der Waals surface area contributed by atoms with E-state index in [2.05, 4.69) is 21.1 Å². The third-order valence-electron chi connectivity index (χ3n) is 2.36. The highest BCUT2D eigenvalue weighted by atomic mass is 16.5. The zero-order valence-corrected chi connectivity index (χ0v) is 11.8. The first-order valence-corrected chi connectivity index (χ1v) is 6.30. The van der Waals surface area contributed by atoms with Crippen LogP contribution in [0.5, 0.6) is 0 Å². The van der Waals surface area contributed by atoms with Crippen molar-refractivity contribution in [3.63, 3.8) is 0 Å². The summed E-state index contributed by atoms with van der Waals surface area (Å²) in [4.78, 5) is 15.3. The number of carbonyl (C=O) groups excluding carboxylic acids is 1. The summed E-state index contributed by atoms with van der Waals surface area (Å²) in [7, 11) is 1.65. The molecule has 0 aromatic heterocycles. The van der Waals surface area contributed by atoms with Crippen LogP contribution in [0.25, 0.3) is 0 Å². The minimum absolute atomic E-state index is 0.118. The smallest absolute Gasteiger partial charge is 0.221 e. The van der Waals surface area contributed by atoms with Gasteiger partial charge in [0.2, 0.25) is 11.9 Å². The van der Waals surface area contributed by atoms with Crippen LogP contribution >= 0.6 is 0 Å². The number of hydrogen-bond acceptors (Lipinski definition) is 4. The number of ether oxygens (including phenoxy) is 1. The van der Waals surface area contributed by atoms with Gasteiger partial charge in [0.1, 0.15) is 0 Å². The number of nitrogens with two attached hydrogens (primary N) is 1. The van der Waals surface area contributed by atoms with E-state index in [4.69, 9.17) is 10.6 Å². The summed E-state index contributed by atoms with van der Waals surface area (Å²) < 4.78 is 4.95. The number of anilines is 2. The van der Waals surface area contributed by atoms with E-state index in [9.17, 15) is 4.79 Å². The van der Waals surface area contributed by atoms with Gasteiger partial charge in [-0.05, 0) is 24.6 Å². The van der Waals surface area contributed by atoms with E-state index in [0.29, 0.717) is 24.8 Å². The lowest BCUT2D eigenvalue weighted by molar-refractivity contribution is -0.114. The predicted octanol–water partition coefficient (Wildman–Crippen LogP) is 0.913. The number of nitrogens with zero attached hydrogens (tertiary/aromatic N) is 1. The zero-order valence-electron chi connectivity index (χ0n) is 11.8. The number of guanidine groups is 1. The van der Waals surface area contributed by atoms with Gasteiger partial charge in [0, 0.05) is 38.6 Å². The van der Waals surface area contributed by atoms with Gasteiger partial charge in [-0.2, -0.15) is 0 Å². The lowest BCUT2D eigenvalue weighted by atomic mass is 10.2. The Hall–Kier alpha value is -2.12. The van der Waals surface area contributed by atoms with Gasteiger partial charge in [-0.15, -0.1) is 0 Å². The molecule has 20 heavy (non-hydrogen) atoms. The Labute approximate surface area is 118 Å². The van der Waals surface area contributed by atoms with E-state index in [1.54, 1.807) is 19.2 Å². The van der Waals surface area contributed by atoms with Gasteiger partial charge in [0.05, 0.1) is 0 Å². The van der Waals surface area contributed by atoms with Gasteiger partial charge in [0.25, 0.3) is 0 Å². The van der Waals surface area contributed by atoms with Gasteiger partial charge in [-0.3, -0.25) is 15.2 Å². The van der Waals surface area contributed by atoms with Crippen molar-refractivity contribution in [2.45, 2.75) is 13.3 Å². The number of amides is 1. The Morgan fingerprint density at radius 1 is 1.35 bits per heavy atom. The minimum Gasteiger partial charge on any atom is -0.385 e. The van der Waals surface area contributed by atoms with Crippen molar-refractivity contribution in [1.82, 2.24) is 5.43 Å². The van der Waals surface area contributed by atoms with Crippen LogP contribution in [0.3, 0.4) is 0 Å². The third-order valence-corrected chi connectivity index (χ3v) is 2.36. The molecule has 1 aromatic rings. The molecule has 7 nitrogen and oxygen atoms in total. The number of rotatable bonds is 6. The zero-order chi connectivity index (χ0) is 14.8. The predicted molar refractivity (Wildman–Crippen MR) is 80.5 cm³/mol. The quantitative estimate of drug-likeness (QED) is 0.204. The SMILES string of the molecule is COCCCN=C(NN)Nc1cccc(NC(C)=O)c1. The van der Waals surface area contributed by atoms with Crippen LogP contribution in [0.15, 0.2) is 29.3 Å². The summed E-state index contributed by atoms with van der Waals surface area (Å²) in [6.45, 7) is 2.72. The van der Waals surface area contributed by atoms with E-state index >= 15 is 0 Å². The Kier molecular flexibility index (Phi) is 7.08. The molecule has 0 saturated heterocycles. The summed E-state index contributed by atoms with van der Waals surface area (Å²) in [5.74, 6) is 5.75. The largest absolute Gasteiger partial charge is 0.385 e. The Morgan fingerprint density at radius 3 is 2.65 bits per heavy atom. The normalized spacial score (nSPS) is 11.1. The third kappa shape index (κ3) is 6.17. The number of methoxy groups -OCH3 is 1. The first-order chi connectivity index (χ1) is 9.65. The van der Waals surface area contributed by atoms with E-state index < -0.39 is 0 Å². The molecule has 0 aliphatic heterocycles. The molecule has 0 unspecified atom stereocenters. The fourth-order valence-electron chi connectivity index (χ4n) is 1.54. The molecule has 1 aromatic carbocycles. The second-order valence-corrected chi connectivity index (χ2v) is 4.11. The van der Waals surface area contributed by atoms with E-state index in [0.717, 1.165) is 12.1 Å². The van der Waals surface area contributed by atoms with Crippen molar-refractivity contribution in [3.05, 3.63) is 24.3 Å². The first kappa shape index (κ1) is 15.9. The molecule has 0 spiro atoms. The van der Waals surface area contributed by atoms with Crippen LogP contribution < -0.4 is 21.9 Å². The number of aliphatic imine (C=N–C) groups is 1. The average molecular weight is 279 g/mol. The lowest BCUT2D eigenvalue weighted by Crippen LogP contribution is -2.36. The molecule has 0 fully saturated rings. The van der Waals surface area contributed by atoms with Gasteiger partial charge in [-0.1, -0.05) is 6.07 Å². The maximum atomic E-state index is 11.0. The molecule has 0 bridgehead atoms. The van der Waals surface area contributed by atoms with Crippen LogP contribution in [0, 0.1) is 0 Å². The molecular formula is C13H21N5O2. The standard InChI is InChI=1S/C13H21N5O2/c1-10(19)16-11-5-3-6-12(9-11)17-13(18-14)15-7-4-8-20-2/h3,5-6,9H,4,7-8,14H2,1-2H3,(H,16,19)(H2,15,17,18). The molecule has 1 rings (SSSR count). The Balaban J connectivity index is 2.62. The Bertz CT molecular complexity index is 462. The highest BCUT2D eigenvalue weighted by Gasteiger charge is 2.00. The number of carbonyl (C=O) groups is 1. The first-order valence-electron chi connectivity index (χ1n) is 6.30. The van der Waals surface area contributed by atoms with Crippen molar-refractivity contribution < 1.29 is 9.53 Å². The number of hydrazine groups is 1. The fourth-order valence-corrected chi connectivity index (χ4v) is 1.54. The van der Waals surface area contributed by atoms with Crippen molar-refractivity contribution >= 4 is 23.2 Å². The maximum absolute atomic E-state index is 11.0. The molecule has 0 atom stereocenters. The second-order valence-electron chi connectivity index (χ2n) is 4.11. The molecule has 0 saturated carbocycles. The van der Waals surface area contributed by atoms with Crippen molar-refractivity contribution in [1.29, 1.82) is 0 Å². The highest BCUT2D eigenvalue weighted by molar-refractivity contribution is 5.94. The van der Waals surface area contributed by atoms with Crippen LogP contribution in [0.4, 0.5) is 11.4 Å². The highest BCUT2D eigenvalue weighted by Crippen LogP contribution is 2.14. The Morgan fingerprint density at radius 2 is 2.05 bits per heavy atom. The molecule has 0 aliphatic rings. The summed E-state index contributed by atoms with van der Waals surface area (Å²) in [5, 5.41) is 5.75. The fraction of sp³-hybridized carbons (Fsp3) is 0.385. The molecule has 0 radical (unpaired) electrons. The molecular weight excluding hydrogens is 258 g/mol. The molecule has 0 heterocycles. The van der Waals surface area contributed by atoms with Crippen LogP contribution in [0.2, 0.25) is 0 Å². The van der Waals surface area contributed by atoms with Crippen LogP contribution in [-0.4, -0.2) is 32.1 Å². The summed E-state index contributed by atoms with van der Waals surface area (Å²) in [6.07, 6.45) is 0.815. The number of nitrogens with one attached hydrogen (secondary N) is 3. The number of hydrogen-bond donors (Lipinski definition) is 4. The van der Waals surface area contributed by atoms with Crippen molar-refractivity contribution in [2.75, 3.05) is 30.9 Å². The molecule has 0 aliphatic carbocycles. The van der Waals surface area contributed by atoms with E-state index in [1.165, 1.54) is 6.92 Å². The molecule has 7 heteroatoms. The molecule has 1 amide bonds. The average Bonchev–Trinajstić information content (AvgIpc) is 2.42. The van der Waals surface area contributed by atoms with Crippen molar-refractivity contribution in [2.24, 2.45) is 10.8 Å². The second kappa shape index (κ2) is 8.89. The van der Waals surface area contributed by atoms with Crippen LogP contribution in [0.1, 0.15) is 13.3 Å². The molecule has 5 N–H and O–H groups in total. The van der Waals surface area contributed by atoms with E-state index in [1.807, 2.05) is 12.1 Å². The van der Waals surface area contributed by atoms with Crippen LogP contribution in [-0.2, 0) is 9.53 Å². The van der Waals surface area contributed by atoms with Gasteiger partial charge in [-0.25, -0.2) is 5.84 Å². The monoisotopic (exact) mass is 279 g/mol. The van der Waals surface area contributed by atoms with Crippen molar-refractivity contribution in [3.8, 4) is 0 Å². The minimum atomic E-state index is -0.118. The molecule has 110 valence electrons. The van der Waals surface area contributed by atoms with E-state index in [-0.39, 0.29) is 5.91 Å². The summed E-state index contributed by atoms with van der Waals surface area (Å²) in [6, 6.07) is 7.28. The number of benzene rings is 1. The maximum Gasteiger partial charge on any atom is 0.221 e. The summed E-state index contributed by atoms with van der Waals surface area (Å²) >= 11 is 0. The topological polar surface area (TPSA) is 101 Å². The lowest BCUT2D eigenvalue weighted by Gasteiger charge is -2.10. The van der Waals surface area contributed by atoms with Gasteiger partial charge < -0.3 is 15.4 Å². The van der Waals surface area contributed by atoms with Gasteiger partial charge >= 0.3 is 0 Å². The van der Waals surface area contributed by atoms with Gasteiger partial charge in [0.15, 0.2) is 0 Å².